The molecular weight excluding hydrogens is 448 g/mol. The highest BCUT2D eigenvalue weighted by Gasteiger charge is 2.17. The Morgan fingerprint density at radius 1 is 1.08 bits per heavy atom. The van der Waals surface area contributed by atoms with Crippen molar-refractivity contribution in [2.24, 2.45) is 15.7 Å². The number of rotatable bonds is 9. The number of anilines is 1. The number of nitrogens with zero attached hydrogens (tertiary/aromatic N) is 4. The minimum Gasteiger partial charge on any atom is -0.369 e. The van der Waals surface area contributed by atoms with E-state index in [1.807, 2.05) is 24.3 Å². The maximum Gasteiger partial charge on any atom is 0.247 e. The molecule has 1 fully saturated rings. The summed E-state index contributed by atoms with van der Waals surface area (Å²) in [6.07, 6.45) is 10.1. The first kappa shape index (κ1) is 28.4. The maximum atomic E-state index is 11.7. The van der Waals surface area contributed by atoms with Gasteiger partial charge < -0.3 is 20.9 Å². The number of nitrogens with one attached hydrogen (secondary N) is 1. The Hall–Kier alpha value is -3.81. The molecule has 0 radical (unpaired) electrons. The van der Waals surface area contributed by atoms with Gasteiger partial charge in [0.1, 0.15) is 0 Å². The minimum atomic E-state index is -0.244. The molecule has 3 N–H and O–H groups in total. The molecule has 7 heteroatoms. The molecule has 2 aliphatic rings. The fourth-order valence-electron chi connectivity index (χ4n) is 3.92. The molecule has 190 valence electrons. The van der Waals surface area contributed by atoms with Crippen molar-refractivity contribution in [3.8, 4) is 0 Å². The summed E-state index contributed by atoms with van der Waals surface area (Å²) in [5, 5.41) is 2.83. The van der Waals surface area contributed by atoms with Gasteiger partial charge in [-0.1, -0.05) is 31.9 Å². The Kier molecular flexibility index (Phi) is 11.5. The van der Waals surface area contributed by atoms with Crippen LogP contribution in [0.4, 0.5) is 11.4 Å². The van der Waals surface area contributed by atoms with Crippen molar-refractivity contribution >= 4 is 29.7 Å². The van der Waals surface area contributed by atoms with Crippen LogP contribution in [0.5, 0.6) is 0 Å². The molecule has 1 saturated heterocycles. The van der Waals surface area contributed by atoms with Crippen LogP contribution in [0, 0.1) is 0 Å². The Labute approximate surface area is 215 Å². The lowest BCUT2D eigenvalue weighted by Crippen LogP contribution is -2.44. The number of nitrogens with two attached hydrogens (primary N) is 1. The summed E-state index contributed by atoms with van der Waals surface area (Å²) in [6, 6.07) is 8.26. The fraction of sp³-hybridized carbons (Fsp3) is 0.276. The van der Waals surface area contributed by atoms with Gasteiger partial charge in [0.2, 0.25) is 5.91 Å². The first-order valence-corrected chi connectivity index (χ1v) is 12.0. The standard InChI is InChI=1S/C28H33N5O.CH5N/c1-6-22(20-29-4)28(21(3)23-9-8-10-25(19-23)30-27(34)7-2)31-24-11-13-26(14-12-24)33-17-15-32(5)16-18-33;1-2/h6-7,10-14,19-20H,1-4,8-9,15-18H2,5H3,(H,30,34);2H2,1H3/b22-20-,31-28?;. The number of likely N-dealkylation sites (N-methyl/N-ethyl adjacent to an activating group) is 1. The van der Waals surface area contributed by atoms with E-state index in [2.05, 4.69) is 71.5 Å². The molecule has 1 heterocycles. The molecule has 1 aromatic rings. The molecule has 0 unspecified atom stereocenters. The quantitative estimate of drug-likeness (QED) is 0.309. The average Bonchev–Trinajstić information content (AvgIpc) is 2.92. The third-order valence-corrected chi connectivity index (χ3v) is 5.92. The largest absolute Gasteiger partial charge is 0.369 e. The van der Waals surface area contributed by atoms with Gasteiger partial charge in [-0.05, 0) is 81.2 Å². The topological polar surface area (TPSA) is 86.3 Å². The molecule has 0 atom stereocenters. The molecule has 1 aliphatic heterocycles. The van der Waals surface area contributed by atoms with Crippen LogP contribution in [0.1, 0.15) is 12.8 Å². The number of aliphatic imine (C=N–C) groups is 2. The zero-order valence-electron chi connectivity index (χ0n) is 21.5. The van der Waals surface area contributed by atoms with Crippen LogP contribution < -0.4 is 16.0 Å². The van der Waals surface area contributed by atoms with E-state index in [-0.39, 0.29) is 5.91 Å². The second-order valence-electron chi connectivity index (χ2n) is 8.28. The third kappa shape index (κ3) is 7.86. The van der Waals surface area contributed by atoms with Crippen LogP contribution in [0.25, 0.3) is 0 Å². The first-order valence-electron chi connectivity index (χ1n) is 12.0. The van der Waals surface area contributed by atoms with Gasteiger partial charge in [-0.25, -0.2) is 4.99 Å². The van der Waals surface area contributed by atoms with Crippen LogP contribution in [0.15, 0.2) is 107 Å². The van der Waals surface area contributed by atoms with Gasteiger partial charge >= 0.3 is 0 Å². The molecule has 36 heavy (non-hydrogen) atoms. The van der Waals surface area contributed by atoms with Crippen molar-refractivity contribution in [2.75, 3.05) is 45.2 Å². The van der Waals surface area contributed by atoms with Gasteiger partial charge in [0.25, 0.3) is 0 Å². The summed E-state index contributed by atoms with van der Waals surface area (Å²) in [5.41, 5.74) is 10.4. The highest BCUT2D eigenvalue weighted by Crippen LogP contribution is 2.28. The van der Waals surface area contributed by atoms with Crippen molar-refractivity contribution in [3.05, 3.63) is 96.9 Å². The van der Waals surface area contributed by atoms with Crippen molar-refractivity contribution in [1.29, 1.82) is 0 Å². The van der Waals surface area contributed by atoms with E-state index in [1.165, 1.54) is 18.8 Å². The zero-order valence-corrected chi connectivity index (χ0v) is 21.5. The van der Waals surface area contributed by atoms with E-state index in [0.29, 0.717) is 5.71 Å². The number of amides is 1. The van der Waals surface area contributed by atoms with Crippen molar-refractivity contribution < 1.29 is 4.79 Å². The molecule has 7 nitrogen and oxygen atoms in total. The molecule has 0 spiro atoms. The van der Waals surface area contributed by atoms with Gasteiger partial charge in [-0.15, -0.1) is 0 Å². The summed E-state index contributed by atoms with van der Waals surface area (Å²) in [5.74, 6) is -0.244. The van der Waals surface area contributed by atoms with Crippen LogP contribution >= 0.6 is 0 Å². The van der Waals surface area contributed by atoms with Crippen LogP contribution in [0.2, 0.25) is 0 Å². The fourth-order valence-corrected chi connectivity index (χ4v) is 3.92. The minimum absolute atomic E-state index is 0.244. The second kappa shape index (κ2) is 14.6. The lowest BCUT2D eigenvalue weighted by molar-refractivity contribution is -0.115. The smallest absolute Gasteiger partial charge is 0.247 e. The summed E-state index contributed by atoms with van der Waals surface area (Å²) in [6.45, 7) is 19.5. The van der Waals surface area contributed by atoms with Crippen LogP contribution in [0.3, 0.4) is 0 Å². The molecule has 1 aliphatic carbocycles. The van der Waals surface area contributed by atoms with Gasteiger partial charge in [0, 0.05) is 49.3 Å². The van der Waals surface area contributed by atoms with E-state index in [4.69, 9.17) is 4.99 Å². The number of piperazine rings is 1. The number of hydrogen-bond acceptors (Lipinski definition) is 6. The van der Waals surface area contributed by atoms with Crippen molar-refractivity contribution in [1.82, 2.24) is 10.2 Å². The van der Waals surface area contributed by atoms with E-state index >= 15 is 0 Å². The average molecular weight is 487 g/mol. The van der Waals surface area contributed by atoms with E-state index in [0.717, 1.165) is 67.1 Å². The first-order chi connectivity index (χ1) is 17.4. The number of benzene rings is 1. The summed E-state index contributed by atoms with van der Waals surface area (Å²) in [4.78, 5) is 25.3. The summed E-state index contributed by atoms with van der Waals surface area (Å²) in [7, 11) is 3.65. The predicted molar refractivity (Wildman–Crippen MR) is 154 cm³/mol. The monoisotopic (exact) mass is 486 g/mol. The van der Waals surface area contributed by atoms with Crippen molar-refractivity contribution in [2.45, 2.75) is 12.8 Å². The number of carbonyl (C=O) groups is 1. The Balaban J connectivity index is 0.00000222. The molecule has 1 aromatic carbocycles. The lowest BCUT2D eigenvalue weighted by atomic mass is 9.91. The maximum absolute atomic E-state index is 11.7. The molecular formula is C29H38N6O. The Morgan fingerprint density at radius 3 is 2.33 bits per heavy atom. The highest BCUT2D eigenvalue weighted by molar-refractivity contribution is 6.17. The van der Waals surface area contributed by atoms with E-state index < -0.39 is 0 Å². The van der Waals surface area contributed by atoms with Gasteiger partial charge in [0.15, 0.2) is 0 Å². The SMILES string of the molecule is C=CC(=O)NC1=CCCC(C(=C)C(=Nc2ccc(N3CCN(C)CC3)cc2)/C(C=C)=C\N=C)=C1.CN. The summed E-state index contributed by atoms with van der Waals surface area (Å²) >= 11 is 0. The normalized spacial score (nSPS) is 16.6. The number of allylic oxidation sites excluding steroid dienone is 6. The zero-order chi connectivity index (χ0) is 26.5. The Morgan fingerprint density at radius 2 is 1.75 bits per heavy atom. The molecule has 0 aromatic heterocycles. The van der Waals surface area contributed by atoms with Gasteiger partial charge in [-0.2, -0.15) is 0 Å². The van der Waals surface area contributed by atoms with E-state index in [9.17, 15) is 4.79 Å². The van der Waals surface area contributed by atoms with Crippen LogP contribution in [-0.4, -0.2) is 63.5 Å². The highest BCUT2D eigenvalue weighted by atomic mass is 16.1. The number of hydrogen-bond donors (Lipinski definition) is 2. The summed E-state index contributed by atoms with van der Waals surface area (Å²) < 4.78 is 0. The molecule has 1 amide bonds. The van der Waals surface area contributed by atoms with Gasteiger partial charge in [-0.3, -0.25) is 9.79 Å². The third-order valence-electron chi connectivity index (χ3n) is 5.92. The predicted octanol–water partition coefficient (Wildman–Crippen LogP) is 4.32. The Bertz CT molecular complexity index is 1080. The second-order valence-corrected chi connectivity index (χ2v) is 8.28. The molecule has 0 bridgehead atoms. The lowest BCUT2D eigenvalue weighted by Gasteiger charge is -2.34. The number of carbonyl (C=O) groups excluding carboxylic acids is 1. The molecule has 3 rings (SSSR count). The van der Waals surface area contributed by atoms with Crippen molar-refractivity contribution in [3.63, 3.8) is 0 Å². The van der Waals surface area contributed by atoms with Gasteiger partial charge in [0.05, 0.1) is 11.4 Å². The van der Waals surface area contributed by atoms with Crippen LogP contribution in [-0.2, 0) is 4.79 Å². The van der Waals surface area contributed by atoms with E-state index in [1.54, 1.807) is 12.3 Å². The molecule has 0 saturated carbocycles.